The molecule has 1 amide bonds. The zero-order chi connectivity index (χ0) is 17.9. The number of aromatic nitrogens is 3. The van der Waals surface area contributed by atoms with Crippen LogP contribution in [0.2, 0.25) is 0 Å². The van der Waals surface area contributed by atoms with E-state index < -0.39 is 5.60 Å². The largest absolute Gasteiger partial charge is 0.386 e. The Morgan fingerprint density at radius 3 is 2.72 bits per heavy atom. The Labute approximate surface area is 147 Å². The average Bonchev–Trinajstić information content (AvgIpc) is 3.03. The molecule has 0 spiro atoms. The van der Waals surface area contributed by atoms with E-state index in [1.807, 2.05) is 36.9 Å². The maximum atomic E-state index is 12.2. The van der Waals surface area contributed by atoms with Gasteiger partial charge < -0.3 is 15.3 Å². The van der Waals surface area contributed by atoms with Crippen LogP contribution >= 0.6 is 0 Å². The van der Waals surface area contributed by atoms with Crippen molar-refractivity contribution in [2.24, 2.45) is 0 Å². The molecule has 1 aliphatic heterocycles. The molecule has 132 valence electrons. The Balaban J connectivity index is 1.56. The lowest BCUT2D eigenvalue weighted by molar-refractivity contribution is 0.0575. The van der Waals surface area contributed by atoms with Crippen LogP contribution in [0.15, 0.2) is 36.8 Å². The molecule has 1 aliphatic rings. The standard InChI is InChI=1S/C18H23N5O2/c1-13(2)16-20-9-14(10-21-16)17(24)22-11-18(25)6-8-23(12-18)15-5-3-4-7-19-15/h3-5,7,9-10,13,25H,6,8,11-12H2,1-2H3,(H,22,24)/t18-/m1/s1. The third-order valence-electron chi connectivity index (χ3n) is 4.33. The van der Waals surface area contributed by atoms with Crippen molar-refractivity contribution < 1.29 is 9.90 Å². The summed E-state index contributed by atoms with van der Waals surface area (Å²) in [4.78, 5) is 27.0. The number of amides is 1. The average molecular weight is 341 g/mol. The molecular weight excluding hydrogens is 318 g/mol. The molecule has 7 nitrogen and oxygen atoms in total. The van der Waals surface area contributed by atoms with Crippen molar-refractivity contribution in [3.05, 3.63) is 48.2 Å². The molecule has 3 heterocycles. The summed E-state index contributed by atoms with van der Waals surface area (Å²) < 4.78 is 0. The summed E-state index contributed by atoms with van der Waals surface area (Å²) in [6.45, 7) is 5.32. The van der Waals surface area contributed by atoms with Gasteiger partial charge in [0.2, 0.25) is 0 Å². The number of carbonyl (C=O) groups is 1. The van der Waals surface area contributed by atoms with Crippen molar-refractivity contribution in [1.29, 1.82) is 0 Å². The first kappa shape index (κ1) is 17.3. The molecule has 2 N–H and O–H groups in total. The highest BCUT2D eigenvalue weighted by molar-refractivity contribution is 5.93. The lowest BCUT2D eigenvalue weighted by Gasteiger charge is -2.24. The van der Waals surface area contributed by atoms with Crippen molar-refractivity contribution in [2.45, 2.75) is 31.8 Å². The molecule has 1 fully saturated rings. The molecule has 1 saturated heterocycles. The van der Waals surface area contributed by atoms with Crippen LogP contribution in [-0.4, -0.2) is 51.2 Å². The number of nitrogens with one attached hydrogen (secondary N) is 1. The number of β-amino-alcohol motifs (C(OH)–C–C–N with tert-alkyl or cyclic N) is 1. The van der Waals surface area contributed by atoms with E-state index in [1.54, 1.807) is 6.20 Å². The van der Waals surface area contributed by atoms with Gasteiger partial charge in [-0.1, -0.05) is 19.9 Å². The minimum atomic E-state index is -0.966. The van der Waals surface area contributed by atoms with Crippen LogP contribution in [0.25, 0.3) is 0 Å². The van der Waals surface area contributed by atoms with Crippen molar-refractivity contribution in [1.82, 2.24) is 20.3 Å². The van der Waals surface area contributed by atoms with Gasteiger partial charge in [0.05, 0.1) is 5.56 Å². The topological polar surface area (TPSA) is 91.2 Å². The maximum absolute atomic E-state index is 12.2. The number of pyridine rings is 1. The van der Waals surface area contributed by atoms with Crippen molar-refractivity contribution in [3.63, 3.8) is 0 Å². The van der Waals surface area contributed by atoms with E-state index in [-0.39, 0.29) is 18.4 Å². The second-order valence-electron chi connectivity index (χ2n) is 6.75. The molecule has 0 radical (unpaired) electrons. The Hall–Kier alpha value is -2.54. The fraction of sp³-hybridized carbons (Fsp3) is 0.444. The Morgan fingerprint density at radius 1 is 1.32 bits per heavy atom. The smallest absolute Gasteiger partial charge is 0.254 e. The molecule has 1 atom stereocenters. The van der Waals surface area contributed by atoms with E-state index in [1.165, 1.54) is 12.4 Å². The Kier molecular flexibility index (Phi) is 4.94. The van der Waals surface area contributed by atoms with Crippen LogP contribution in [0.1, 0.15) is 42.4 Å². The molecule has 0 saturated carbocycles. The van der Waals surface area contributed by atoms with E-state index in [0.29, 0.717) is 30.9 Å². The zero-order valence-corrected chi connectivity index (χ0v) is 14.5. The van der Waals surface area contributed by atoms with Crippen LogP contribution < -0.4 is 10.2 Å². The fourth-order valence-corrected chi connectivity index (χ4v) is 2.84. The highest BCUT2D eigenvalue weighted by Crippen LogP contribution is 2.24. The molecule has 0 unspecified atom stereocenters. The normalized spacial score (nSPS) is 20.1. The van der Waals surface area contributed by atoms with Crippen molar-refractivity contribution in [3.8, 4) is 0 Å². The van der Waals surface area contributed by atoms with Gasteiger partial charge in [0.25, 0.3) is 5.91 Å². The van der Waals surface area contributed by atoms with E-state index in [4.69, 9.17) is 0 Å². The molecule has 0 aromatic carbocycles. The number of anilines is 1. The number of nitrogens with zero attached hydrogens (tertiary/aromatic N) is 4. The second kappa shape index (κ2) is 7.14. The molecule has 0 bridgehead atoms. The molecule has 2 aromatic heterocycles. The Bertz CT molecular complexity index is 720. The van der Waals surface area contributed by atoms with Crippen LogP contribution in [0.4, 0.5) is 5.82 Å². The van der Waals surface area contributed by atoms with Gasteiger partial charge in [0.1, 0.15) is 17.2 Å². The number of hydrogen-bond acceptors (Lipinski definition) is 6. The first-order valence-corrected chi connectivity index (χ1v) is 8.45. The van der Waals surface area contributed by atoms with E-state index in [9.17, 15) is 9.90 Å². The molecule has 7 heteroatoms. The summed E-state index contributed by atoms with van der Waals surface area (Å²) in [6.07, 6.45) is 5.36. The minimum Gasteiger partial charge on any atom is -0.386 e. The number of rotatable bonds is 5. The van der Waals surface area contributed by atoms with Gasteiger partial charge in [-0.05, 0) is 18.6 Å². The molecule has 25 heavy (non-hydrogen) atoms. The molecule has 3 rings (SSSR count). The van der Waals surface area contributed by atoms with Crippen LogP contribution in [0.3, 0.4) is 0 Å². The number of aliphatic hydroxyl groups is 1. The summed E-state index contributed by atoms with van der Waals surface area (Å²) in [5.74, 6) is 1.48. The third kappa shape index (κ3) is 4.11. The van der Waals surface area contributed by atoms with Crippen LogP contribution in [0.5, 0.6) is 0 Å². The van der Waals surface area contributed by atoms with Crippen molar-refractivity contribution >= 4 is 11.7 Å². The lowest BCUT2D eigenvalue weighted by atomic mass is 10.0. The summed E-state index contributed by atoms with van der Waals surface area (Å²) >= 11 is 0. The first-order chi connectivity index (χ1) is 12.0. The zero-order valence-electron chi connectivity index (χ0n) is 14.5. The minimum absolute atomic E-state index is 0.182. The van der Waals surface area contributed by atoms with E-state index in [2.05, 4.69) is 20.3 Å². The van der Waals surface area contributed by atoms with Crippen LogP contribution in [0, 0.1) is 0 Å². The quantitative estimate of drug-likeness (QED) is 0.853. The monoisotopic (exact) mass is 341 g/mol. The van der Waals surface area contributed by atoms with Crippen molar-refractivity contribution in [2.75, 3.05) is 24.5 Å². The first-order valence-electron chi connectivity index (χ1n) is 8.45. The summed E-state index contributed by atoms with van der Waals surface area (Å²) in [6, 6.07) is 5.69. The van der Waals surface area contributed by atoms with Gasteiger partial charge in [-0.2, -0.15) is 0 Å². The van der Waals surface area contributed by atoms with Gasteiger partial charge >= 0.3 is 0 Å². The van der Waals surface area contributed by atoms with Gasteiger partial charge in [-0.3, -0.25) is 4.79 Å². The predicted octanol–water partition coefficient (Wildman–Crippen LogP) is 1.37. The second-order valence-corrected chi connectivity index (χ2v) is 6.75. The highest BCUT2D eigenvalue weighted by Gasteiger charge is 2.37. The molecular formula is C18H23N5O2. The molecule has 0 aliphatic carbocycles. The summed E-state index contributed by atoms with van der Waals surface area (Å²) in [7, 11) is 0. The fourth-order valence-electron chi connectivity index (χ4n) is 2.84. The van der Waals surface area contributed by atoms with Crippen LogP contribution in [-0.2, 0) is 0 Å². The number of carbonyl (C=O) groups excluding carboxylic acids is 1. The van der Waals surface area contributed by atoms with Gasteiger partial charge in [0, 0.05) is 44.1 Å². The third-order valence-corrected chi connectivity index (χ3v) is 4.33. The van der Waals surface area contributed by atoms with Gasteiger partial charge in [0.15, 0.2) is 0 Å². The maximum Gasteiger partial charge on any atom is 0.254 e. The SMILES string of the molecule is CC(C)c1ncc(C(=O)NC[C@]2(O)CCN(c3ccccn3)C2)cn1. The summed E-state index contributed by atoms with van der Waals surface area (Å²) in [5, 5.41) is 13.5. The van der Waals surface area contributed by atoms with Gasteiger partial charge in [-0.15, -0.1) is 0 Å². The predicted molar refractivity (Wildman–Crippen MR) is 94.5 cm³/mol. The number of hydrogen-bond donors (Lipinski definition) is 2. The highest BCUT2D eigenvalue weighted by atomic mass is 16.3. The Morgan fingerprint density at radius 2 is 2.08 bits per heavy atom. The van der Waals surface area contributed by atoms with E-state index in [0.717, 1.165) is 5.82 Å². The summed E-state index contributed by atoms with van der Waals surface area (Å²) in [5.41, 5.74) is -0.570. The van der Waals surface area contributed by atoms with E-state index >= 15 is 0 Å². The molecule has 2 aromatic rings. The van der Waals surface area contributed by atoms with Gasteiger partial charge in [-0.25, -0.2) is 15.0 Å². The lowest BCUT2D eigenvalue weighted by Crippen LogP contribution is -2.45.